The topological polar surface area (TPSA) is 64.3 Å². The molecule has 0 aliphatic carbocycles. The number of nitrogens with one attached hydrogen (secondary N) is 1. The molecule has 1 saturated heterocycles. The van der Waals surface area contributed by atoms with Gasteiger partial charge in [-0.3, -0.25) is 4.79 Å². The zero-order chi connectivity index (χ0) is 8.97. The molecule has 0 spiro atoms. The van der Waals surface area contributed by atoms with Crippen molar-refractivity contribution in [3.8, 4) is 0 Å². The van der Waals surface area contributed by atoms with E-state index in [2.05, 4.69) is 5.32 Å². The van der Waals surface area contributed by atoms with Gasteiger partial charge >= 0.3 is 0 Å². The van der Waals surface area contributed by atoms with Gasteiger partial charge in [0.05, 0.1) is 0 Å². The maximum atomic E-state index is 10.9. The molecule has 1 heterocycles. The Labute approximate surface area is 72.5 Å². The summed E-state index contributed by atoms with van der Waals surface area (Å²) in [5, 5.41) is 3.22. The lowest BCUT2D eigenvalue weighted by Crippen LogP contribution is -2.42. The van der Waals surface area contributed by atoms with Crippen molar-refractivity contribution in [1.82, 2.24) is 5.32 Å². The number of hydrogen-bond donors (Lipinski definition) is 2. The molecule has 1 amide bonds. The summed E-state index contributed by atoms with van der Waals surface area (Å²) in [6.07, 6.45) is 1.55. The van der Waals surface area contributed by atoms with Gasteiger partial charge in [0.15, 0.2) is 0 Å². The van der Waals surface area contributed by atoms with E-state index in [9.17, 15) is 4.79 Å². The van der Waals surface area contributed by atoms with Crippen LogP contribution < -0.4 is 11.1 Å². The molecule has 1 rings (SSSR count). The first-order valence-electron chi connectivity index (χ1n) is 4.28. The van der Waals surface area contributed by atoms with Crippen LogP contribution in [0.15, 0.2) is 0 Å². The van der Waals surface area contributed by atoms with Gasteiger partial charge in [0.2, 0.25) is 5.91 Å². The van der Waals surface area contributed by atoms with Gasteiger partial charge in [-0.2, -0.15) is 0 Å². The van der Waals surface area contributed by atoms with E-state index in [1.54, 1.807) is 0 Å². The summed E-state index contributed by atoms with van der Waals surface area (Å²) in [7, 11) is 1.54. The molecule has 0 bridgehead atoms. The Kier molecular flexibility index (Phi) is 3.49. The lowest BCUT2D eigenvalue weighted by atomic mass is 9.92. The highest BCUT2D eigenvalue weighted by Crippen LogP contribution is 2.17. The van der Waals surface area contributed by atoms with E-state index < -0.39 is 6.10 Å². The molecular formula is C8H16N2O2. The van der Waals surface area contributed by atoms with Crippen LogP contribution in [0.3, 0.4) is 0 Å². The van der Waals surface area contributed by atoms with Crippen LogP contribution in [-0.2, 0) is 9.53 Å². The highest BCUT2D eigenvalue weighted by atomic mass is 16.5. The molecule has 1 unspecified atom stereocenters. The first kappa shape index (κ1) is 9.48. The molecule has 4 nitrogen and oxygen atoms in total. The predicted octanol–water partition coefficient (Wildman–Crippen LogP) is -0.514. The minimum absolute atomic E-state index is 0.300. The summed E-state index contributed by atoms with van der Waals surface area (Å²) in [5.74, 6) is -0.0434. The molecular weight excluding hydrogens is 156 g/mol. The van der Waals surface area contributed by atoms with Crippen molar-refractivity contribution in [3.05, 3.63) is 0 Å². The number of methoxy groups -OCH3 is 1. The van der Waals surface area contributed by atoms with Gasteiger partial charge in [-0.1, -0.05) is 0 Å². The van der Waals surface area contributed by atoms with Crippen molar-refractivity contribution in [2.24, 2.45) is 11.7 Å². The third kappa shape index (κ3) is 2.19. The Balaban J connectivity index is 2.46. The van der Waals surface area contributed by atoms with Crippen LogP contribution in [0.1, 0.15) is 12.8 Å². The molecule has 4 heteroatoms. The molecule has 3 N–H and O–H groups in total. The fourth-order valence-corrected chi connectivity index (χ4v) is 1.69. The van der Waals surface area contributed by atoms with E-state index in [1.807, 2.05) is 0 Å². The van der Waals surface area contributed by atoms with E-state index in [0.29, 0.717) is 5.92 Å². The van der Waals surface area contributed by atoms with Crippen LogP contribution in [-0.4, -0.2) is 32.2 Å². The van der Waals surface area contributed by atoms with Crippen LogP contribution in [0.5, 0.6) is 0 Å². The van der Waals surface area contributed by atoms with Gasteiger partial charge in [-0.05, 0) is 31.8 Å². The molecule has 1 fully saturated rings. The number of amides is 1. The second-order valence-corrected chi connectivity index (χ2v) is 3.15. The molecule has 0 radical (unpaired) electrons. The smallest absolute Gasteiger partial charge is 0.246 e. The summed E-state index contributed by atoms with van der Waals surface area (Å²) in [4.78, 5) is 10.9. The lowest BCUT2D eigenvalue weighted by molar-refractivity contribution is -0.131. The minimum Gasteiger partial charge on any atom is -0.371 e. The Bertz CT molecular complexity index is 155. The monoisotopic (exact) mass is 172 g/mol. The van der Waals surface area contributed by atoms with Crippen molar-refractivity contribution in [3.63, 3.8) is 0 Å². The first-order valence-corrected chi connectivity index (χ1v) is 4.28. The van der Waals surface area contributed by atoms with Crippen LogP contribution >= 0.6 is 0 Å². The number of nitrogens with two attached hydrogens (primary N) is 1. The molecule has 0 aromatic heterocycles. The van der Waals surface area contributed by atoms with E-state index in [1.165, 1.54) is 7.11 Å². The summed E-state index contributed by atoms with van der Waals surface area (Å²) >= 11 is 0. The van der Waals surface area contributed by atoms with Gasteiger partial charge in [0, 0.05) is 7.11 Å². The van der Waals surface area contributed by atoms with Crippen molar-refractivity contribution >= 4 is 5.91 Å². The number of rotatable bonds is 3. The van der Waals surface area contributed by atoms with E-state index in [4.69, 9.17) is 10.5 Å². The normalized spacial score (nSPS) is 22.1. The molecule has 0 aromatic carbocycles. The number of primary amides is 1. The number of piperidine rings is 1. The number of carbonyl (C=O) groups is 1. The van der Waals surface area contributed by atoms with Gasteiger partial charge in [0.25, 0.3) is 0 Å². The Hall–Kier alpha value is -0.610. The fraction of sp³-hybridized carbons (Fsp3) is 0.875. The van der Waals surface area contributed by atoms with Gasteiger partial charge in [0.1, 0.15) is 6.10 Å². The van der Waals surface area contributed by atoms with Crippen LogP contribution in [0.25, 0.3) is 0 Å². The summed E-state index contributed by atoms with van der Waals surface area (Å²) < 4.78 is 5.05. The number of hydrogen-bond acceptors (Lipinski definition) is 3. The Morgan fingerprint density at radius 1 is 1.58 bits per heavy atom. The molecule has 1 aliphatic rings. The number of ether oxygens (including phenoxy) is 1. The summed E-state index contributed by atoms with van der Waals surface area (Å²) in [5.41, 5.74) is 5.19. The van der Waals surface area contributed by atoms with Gasteiger partial charge < -0.3 is 15.8 Å². The van der Waals surface area contributed by atoms with E-state index in [-0.39, 0.29) is 5.91 Å². The second-order valence-electron chi connectivity index (χ2n) is 3.15. The standard InChI is InChI=1S/C8H16N2O2/c1-12-7(8(9)11)6-2-4-10-5-3-6/h6-7,10H,2-5H2,1H3,(H2,9,11). The number of carbonyl (C=O) groups excluding carboxylic acids is 1. The zero-order valence-corrected chi connectivity index (χ0v) is 7.38. The molecule has 70 valence electrons. The predicted molar refractivity (Wildman–Crippen MR) is 45.6 cm³/mol. The zero-order valence-electron chi connectivity index (χ0n) is 7.38. The largest absolute Gasteiger partial charge is 0.371 e. The Morgan fingerprint density at radius 3 is 2.58 bits per heavy atom. The molecule has 1 aliphatic heterocycles. The summed E-state index contributed by atoms with van der Waals surface area (Å²) in [6, 6.07) is 0. The Morgan fingerprint density at radius 2 is 2.17 bits per heavy atom. The third-order valence-corrected chi connectivity index (χ3v) is 2.35. The van der Waals surface area contributed by atoms with Gasteiger partial charge in [-0.15, -0.1) is 0 Å². The minimum atomic E-state index is -0.396. The van der Waals surface area contributed by atoms with Crippen molar-refractivity contribution < 1.29 is 9.53 Å². The average Bonchev–Trinajstić information content (AvgIpc) is 2.07. The van der Waals surface area contributed by atoms with E-state index >= 15 is 0 Å². The maximum Gasteiger partial charge on any atom is 0.246 e. The molecule has 0 aromatic rings. The second kappa shape index (κ2) is 4.42. The molecule has 1 atom stereocenters. The molecule has 0 saturated carbocycles. The van der Waals surface area contributed by atoms with Gasteiger partial charge in [-0.25, -0.2) is 0 Å². The highest BCUT2D eigenvalue weighted by molar-refractivity contribution is 5.79. The van der Waals surface area contributed by atoms with Crippen LogP contribution in [0.4, 0.5) is 0 Å². The third-order valence-electron chi connectivity index (χ3n) is 2.35. The molecule has 12 heavy (non-hydrogen) atoms. The van der Waals surface area contributed by atoms with Crippen molar-refractivity contribution in [2.45, 2.75) is 18.9 Å². The van der Waals surface area contributed by atoms with Crippen LogP contribution in [0.2, 0.25) is 0 Å². The van der Waals surface area contributed by atoms with E-state index in [0.717, 1.165) is 25.9 Å². The first-order chi connectivity index (χ1) is 5.75. The lowest BCUT2D eigenvalue weighted by Gasteiger charge is -2.27. The summed E-state index contributed by atoms with van der Waals surface area (Å²) in [6.45, 7) is 1.91. The quantitative estimate of drug-likeness (QED) is 0.602. The van der Waals surface area contributed by atoms with Crippen molar-refractivity contribution in [2.75, 3.05) is 20.2 Å². The average molecular weight is 172 g/mol. The highest BCUT2D eigenvalue weighted by Gasteiger charge is 2.27. The fourth-order valence-electron chi connectivity index (χ4n) is 1.69. The van der Waals surface area contributed by atoms with Crippen LogP contribution in [0, 0.1) is 5.92 Å². The SMILES string of the molecule is COC(C(N)=O)C1CCNCC1. The van der Waals surface area contributed by atoms with Crippen molar-refractivity contribution in [1.29, 1.82) is 0 Å². The maximum absolute atomic E-state index is 10.9.